The van der Waals surface area contributed by atoms with E-state index in [0.717, 1.165) is 45.4 Å². The quantitative estimate of drug-likeness (QED) is 0.893. The second-order valence-electron chi connectivity index (χ2n) is 6.83. The number of nitrogens with zero attached hydrogens (tertiary/aromatic N) is 4. The zero-order chi connectivity index (χ0) is 16.4. The number of aromatic nitrogens is 2. The highest BCUT2D eigenvalue weighted by Crippen LogP contribution is 2.28. The fraction of sp³-hybridized carbons (Fsp3) is 0.812. The predicted octanol–water partition coefficient (Wildman–Crippen LogP) is 1.10. The molecule has 1 amide bonds. The van der Waals surface area contributed by atoms with Crippen molar-refractivity contribution in [3.63, 3.8) is 0 Å². The van der Waals surface area contributed by atoms with Crippen molar-refractivity contribution in [2.24, 2.45) is 11.7 Å². The Kier molecular flexibility index (Phi) is 4.96. The van der Waals surface area contributed by atoms with Gasteiger partial charge in [-0.15, -0.1) is 0 Å². The van der Waals surface area contributed by atoms with Crippen molar-refractivity contribution in [2.45, 2.75) is 51.6 Å². The van der Waals surface area contributed by atoms with E-state index in [9.17, 15) is 4.79 Å². The molecule has 0 radical (unpaired) electrons. The Labute approximate surface area is 137 Å². The number of hydrogen-bond donors (Lipinski definition) is 1. The Balaban J connectivity index is 1.49. The summed E-state index contributed by atoms with van der Waals surface area (Å²) in [6.45, 7) is 7.10. The third-order valence-corrected chi connectivity index (χ3v) is 5.27. The van der Waals surface area contributed by atoms with E-state index in [4.69, 9.17) is 10.3 Å². The van der Waals surface area contributed by atoms with Gasteiger partial charge in [0.2, 0.25) is 11.8 Å². The molecule has 3 rings (SSSR count). The molecule has 1 aliphatic heterocycles. The summed E-state index contributed by atoms with van der Waals surface area (Å²) in [6, 6.07) is 0.303. The zero-order valence-corrected chi connectivity index (χ0v) is 14.1. The van der Waals surface area contributed by atoms with E-state index in [1.54, 1.807) is 0 Å². The maximum atomic E-state index is 12.5. The van der Waals surface area contributed by atoms with Gasteiger partial charge < -0.3 is 15.2 Å². The van der Waals surface area contributed by atoms with Crippen LogP contribution in [0.15, 0.2) is 4.52 Å². The monoisotopic (exact) mass is 321 g/mol. The van der Waals surface area contributed by atoms with Crippen LogP contribution >= 0.6 is 0 Å². The lowest BCUT2D eigenvalue weighted by molar-refractivity contribution is -0.134. The third-order valence-electron chi connectivity index (χ3n) is 5.27. The number of nitrogens with two attached hydrogens (primary N) is 1. The molecule has 1 aromatic rings. The fourth-order valence-corrected chi connectivity index (χ4v) is 3.67. The SMILES string of the molecule is Cc1noc(C(C)N2CCN(C(=O)C[C@@H]3CCC[C@H]3N)CC2)n1. The molecule has 3 atom stereocenters. The standard InChI is InChI=1S/C16H27N5O2/c1-11(16-18-12(2)19-23-16)20-6-8-21(9-7-20)15(22)10-13-4-3-5-14(13)17/h11,13-14H,3-10,17H2,1-2H3/t11?,13-,14+/m0/s1. The van der Waals surface area contributed by atoms with E-state index in [0.29, 0.717) is 24.1 Å². The van der Waals surface area contributed by atoms with Crippen LogP contribution in [0.3, 0.4) is 0 Å². The fourth-order valence-electron chi connectivity index (χ4n) is 3.67. The molecule has 128 valence electrons. The first-order valence-corrected chi connectivity index (χ1v) is 8.62. The Morgan fingerprint density at radius 1 is 1.35 bits per heavy atom. The molecule has 2 N–H and O–H groups in total. The summed E-state index contributed by atoms with van der Waals surface area (Å²) in [5, 5.41) is 3.85. The molecule has 2 fully saturated rings. The minimum atomic E-state index is 0.0942. The predicted molar refractivity (Wildman–Crippen MR) is 85.5 cm³/mol. The van der Waals surface area contributed by atoms with E-state index < -0.39 is 0 Å². The average Bonchev–Trinajstić information content (AvgIpc) is 3.16. The molecule has 1 saturated carbocycles. The van der Waals surface area contributed by atoms with Gasteiger partial charge in [-0.05, 0) is 32.6 Å². The van der Waals surface area contributed by atoms with E-state index >= 15 is 0 Å². The maximum absolute atomic E-state index is 12.5. The number of hydrogen-bond acceptors (Lipinski definition) is 6. The lowest BCUT2D eigenvalue weighted by atomic mass is 9.99. The summed E-state index contributed by atoms with van der Waals surface area (Å²) in [6.07, 6.45) is 3.93. The Bertz CT molecular complexity index is 538. The van der Waals surface area contributed by atoms with Crippen LogP contribution < -0.4 is 5.73 Å². The highest BCUT2D eigenvalue weighted by atomic mass is 16.5. The minimum Gasteiger partial charge on any atom is -0.340 e. The molecule has 1 aromatic heterocycles. The lowest BCUT2D eigenvalue weighted by Gasteiger charge is -2.37. The summed E-state index contributed by atoms with van der Waals surface area (Å²) in [5.41, 5.74) is 6.08. The molecule has 2 aliphatic rings. The zero-order valence-electron chi connectivity index (χ0n) is 14.1. The second kappa shape index (κ2) is 6.97. The van der Waals surface area contributed by atoms with Gasteiger partial charge in [-0.25, -0.2) is 0 Å². The molecule has 0 aromatic carbocycles. The molecular weight excluding hydrogens is 294 g/mol. The van der Waals surface area contributed by atoms with Crippen molar-refractivity contribution in [1.82, 2.24) is 19.9 Å². The van der Waals surface area contributed by atoms with Gasteiger partial charge in [0.25, 0.3) is 0 Å². The van der Waals surface area contributed by atoms with Crippen molar-refractivity contribution in [3.05, 3.63) is 11.7 Å². The van der Waals surface area contributed by atoms with Crippen molar-refractivity contribution < 1.29 is 9.32 Å². The second-order valence-corrected chi connectivity index (χ2v) is 6.83. The normalized spacial score (nSPS) is 27.3. The summed E-state index contributed by atoms with van der Waals surface area (Å²) in [4.78, 5) is 21.0. The third kappa shape index (κ3) is 3.72. The van der Waals surface area contributed by atoms with E-state index in [-0.39, 0.29) is 18.0 Å². The number of amides is 1. The van der Waals surface area contributed by atoms with Crippen molar-refractivity contribution >= 4 is 5.91 Å². The molecule has 1 unspecified atom stereocenters. The minimum absolute atomic E-state index is 0.0942. The summed E-state index contributed by atoms with van der Waals surface area (Å²) in [5.74, 6) is 1.95. The average molecular weight is 321 g/mol. The van der Waals surface area contributed by atoms with Crippen LogP contribution in [-0.4, -0.2) is 58.1 Å². The van der Waals surface area contributed by atoms with Crippen LogP contribution in [0.4, 0.5) is 0 Å². The number of piperazine rings is 1. The molecular formula is C16H27N5O2. The Morgan fingerprint density at radius 3 is 2.65 bits per heavy atom. The number of carbonyl (C=O) groups is 1. The van der Waals surface area contributed by atoms with Crippen LogP contribution in [0.25, 0.3) is 0 Å². The van der Waals surface area contributed by atoms with Gasteiger partial charge in [0.15, 0.2) is 5.82 Å². The van der Waals surface area contributed by atoms with Gasteiger partial charge in [-0.2, -0.15) is 4.98 Å². The molecule has 1 saturated heterocycles. The largest absolute Gasteiger partial charge is 0.340 e. The van der Waals surface area contributed by atoms with Gasteiger partial charge in [-0.1, -0.05) is 11.6 Å². The van der Waals surface area contributed by atoms with Crippen molar-refractivity contribution in [2.75, 3.05) is 26.2 Å². The highest BCUT2D eigenvalue weighted by molar-refractivity contribution is 5.76. The maximum Gasteiger partial charge on any atom is 0.243 e. The molecule has 0 bridgehead atoms. The van der Waals surface area contributed by atoms with Crippen molar-refractivity contribution in [3.8, 4) is 0 Å². The van der Waals surface area contributed by atoms with Gasteiger partial charge in [-0.3, -0.25) is 9.69 Å². The first-order chi connectivity index (χ1) is 11.0. The van der Waals surface area contributed by atoms with Crippen LogP contribution in [0.2, 0.25) is 0 Å². The topological polar surface area (TPSA) is 88.5 Å². The van der Waals surface area contributed by atoms with Crippen LogP contribution in [-0.2, 0) is 4.79 Å². The number of carbonyl (C=O) groups excluding carboxylic acids is 1. The summed E-state index contributed by atoms with van der Waals surface area (Å²) < 4.78 is 5.26. The highest BCUT2D eigenvalue weighted by Gasteiger charge is 2.31. The Hall–Kier alpha value is -1.47. The summed E-state index contributed by atoms with van der Waals surface area (Å²) in [7, 11) is 0. The molecule has 23 heavy (non-hydrogen) atoms. The molecule has 7 heteroatoms. The first kappa shape index (κ1) is 16.4. The van der Waals surface area contributed by atoms with Gasteiger partial charge in [0, 0.05) is 38.6 Å². The molecule has 0 spiro atoms. The first-order valence-electron chi connectivity index (χ1n) is 8.62. The van der Waals surface area contributed by atoms with E-state index in [1.165, 1.54) is 0 Å². The van der Waals surface area contributed by atoms with Gasteiger partial charge >= 0.3 is 0 Å². The molecule has 7 nitrogen and oxygen atoms in total. The van der Waals surface area contributed by atoms with Crippen LogP contribution in [0.5, 0.6) is 0 Å². The van der Waals surface area contributed by atoms with Gasteiger partial charge in [0.05, 0.1) is 6.04 Å². The van der Waals surface area contributed by atoms with Gasteiger partial charge in [0.1, 0.15) is 0 Å². The lowest BCUT2D eigenvalue weighted by Crippen LogP contribution is -2.49. The Morgan fingerprint density at radius 2 is 2.09 bits per heavy atom. The van der Waals surface area contributed by atoms with Crippen LogP contribution in [0.1, 0.15) is 50.4 Å². The summed E-state index contributed by atoms with van der Waals surface area (Å²) >= 11 is 0. The van der Waals surface area contributed by atoms with Crippen LogP contribution in [0, 0.1) is 12.8 Å². The molecule has 1 aliphatic carbocycles. The van der Waals surface area contributed by atoms with E-state index in [2.05, 4.69) is 22.0 Å². The smallest absolute Gasteiger partial charge is 0.243 e. The molecule has 2 heterocycles. The van der Waals surface area contributed by atoms with Crippen molar-refractivity contribution in [1.29, 1.82) is 0 Å². The van der Waals surface area contributed by atoms with E-state index in [1.807, 2.05) is 11.8 Å². The number of aryl methyl sites for hydroxylation is 1. The number of rotatable bonds is 4.